The van der Waals surface area contributed by atoms with Gasteiger partial charge in [-0.1, -0.05) is 23.2 Å². The van der Waals surface area contributed by atoms with Gasteiger partial charge in [0.2, 0.25) is 17.8 Å². The lowest BCUT2D eigenvalue weighted by Gasteiger charge is -2.26. The first-order chi connectivity index (χ1) is 13.4. The van der Waals surface area contributed by atoms with Gasteiger partial charge in [-0.05, 0) is 31.0 Å². The first-order valence-electron chi connectivity index (χ1n) is 8.90. The minimum atomic E-state index is -0.800. The number of carbonyl (C=O) groups is 2. The Morgan fingerprint density at radius 3 is 2.68 bits per heavy atom. The van der Waals surface area contributed by atoms with E-state index < -0.39 is 11.8 Å². The Bertz CT molecular complexity index is 961. The summed E-state index contributed by atoms with van der Waals surface area (Å²) in [5.41, 5.74) is 7.08. The van der Waals surface area contributed by atoms with E-state index in [1.165, 1.54) is 0 Å². The van der Waals surface area contributed by atoms with Gasteiger partial charge in [0.25, 0.3) is 0 Å². The number of hydrogen-bond donors (Lipinski definition) is 3. The third kappa shape index (κ3) is 3.57. The fraction of sp³-hybridized carbons (Fsp3) is 0.333. The van der Waals surface area contributed by atoms with E-state index in [4.69, 9.17) is 28.9 Å². The van der Waals surface area contributed by atoms with Gasteiger partial charge in [-0.15, -0.1) is 0 Å². The Kier molecular flexibility index (Phi) is 4.99. The van der Waals surface area contributed by atoms with Crippen LogP contribution in [0.25, 0.3) is 0 Å². The van der Waals surface area contributed by atoms with E-state index >= 15 is 0 Å². The molecule has 3 heterocycles. The zero-order valence-electron chi connectivity index (χ0n) is 14.8. The van der Waals surface area contributed by atoms with Crippen LogP contribution in [0.1, 0.15) is 30.7 Å². The quantitative estimate of drug-likeness (QED) is 0.702. The highest BCUT2D eigenvalue weighted by Gasteiger charge is 2.35. The zero-order chi connectivity index (χ0) is 19.8. The van der Waals surface area contributed by atoms with Crippen molar-refractivity contribution < 1.29 is 9.59 Å². The van der Waals surface area contributed by atoms with Crippen LogP contribution in [-0.4, -0.2) is 34.9 Å². The molecule has 146 valence electrons. The van der Waals surface area contributed by atoms with Gasteiger partial charge in [0.15, 0.2) is 0 Å². The lowest BCUT2D eigenvalue weighted by Crippen LogP contribution is -2.33. The smallest absolute Gasteiger partial charge is 0.232 e. The molecular formula is C18H18Cl2N6O2. The average molecular weight is 421 g/mol. The van der Waals surface area contributed by atoms with Crippen molar-refractivity contribution in [3.8, 4) is 0 Å². The Morgan fingerprint density at radius 1 is 1.21 bits per heavy atom. The number of halogens is 2. The van der Waals surface area contributed by atoms with Gasteiger partial charge >= 0.3 is 0 Å². The monoisotopic (exact) mass is 420 g/mol. The lowest BCUT2D eigenvalue weighted by molar-refractivity contribution is -0.123. The maximum atomic E-state index is 12.9. The molecule has 1 aromatic heterocycles. The van der Waals surface area contributed by atoms with E-state index in [1.54, 1.807) is 18.2 Å². The fourth-order valence-corrected chi connectivity index (χ4v) is 3.77. The number of fused-ring (bicyclic) bond motifs is 1. The molecule has 2 amide bonds. The Morgan fingerprint density at radius 2 is 1.96 bits per heavy atom. The molecule has 8 nitrogen and oxygen atoms in total. The summed E-state index contributed by atoms with van der Waals surface area (Å²) >= 11 is 11.9. The summed E-state index contributed by atoms with van der Waals surface area (Å²) in [4.78, 5) is 35.9. The molecule has 0 saturated carbocycles. The number of nitrogens with one attached hydrogen (secondary N) is 2. The van der Waals surface area contributed by atoms with E-state index in [9.17, 15) is 9.59 Å². The summed E-state index contributed by atoms with van der Waals surface area (Å²) < 4.78 is 0. The number of nitrogens with zero attached hydrogens (tertiary/aromatic N) is 3. The van der Waals surface area contributed by atoms with Crippen LogP contribution >= 0.6 is 23.2 Å². The normalized spacial score (nSPS) is 18.6. The maximum Gasteiger partial charge on any atom is 0.232 e. The van der Waals surface area contributed by atoms with E-state index in [1.807, 2.05) is 4.90 Å². The molecule has 1 aromatic carbocycles. The highest BCUT2D eigenvalue weighted by molar-refractivity contribution is 6.42. The van der Waals surface area contributed by atoms with Crippen molar-refractivity contribution in [1.82, 2.24) is 9.97 Å². The van der Waals surface area contributed by atoms with Gasteiger partial charge in [-0.3, -0.25) is 9.59 Å². The third-order valence-electron chi connectivity index (χ3n) is 4.85. The van der Waals surface area contributed by atoms with Crippen molar-refractivity contribution in [2.45, 2.75) is 25.2 Å². The largest absolute Gasteiger partial charge is 0.383 e. The molecule has 4 rings (SSSR count). The van der Waals surface area contributed by atoms with E-state index in [0.717, 1.165) is 25.9 Å². The Hall–Kier alpha value is -2.58. The molecule has 4 N–H and O–H groups in total. The van der Waals surface area contributed by atoms with Crippen molar-refractivity contribution in [3.05, 3.63) is 33.8 Å². The number of benzene rings is 1. The predicted molar refractivity (Wildman–Crippen MR) is 109 cm³/mol. The van der Waals surface area contributed by atoms with Gasteiger partial charge < -0.3 is 21.3 Å². The van der Waals surface area contributed by atoms with Crippen LogP contribution in [0, 0.1) is 0 Å². The molecule has 0 spiro atoms. The number of nitrogens with two attached hydrogens (primary N) is 1. The Labute approximate surface area is 171 Å². The predicted octanol–water partition coefficient (Wildman–Crippen LogP) is 3.03. The first kappa shape index (κ1) is 18.8. The van der Waals surface area contributed by atoms with Crippen LogP contribution in [-0.2, 0) is 9.59 Å². The number of carbonyl (C=O) groups excluding carboxylic acids is 2. The van der Waals surface area contributed by atoms with Crippen LogP contribution in [0.2, 0.25) is 10.0 Å². The van der Waals surface area contributed by atoms with Crippen LogP contribution in [0.15, 0.2) is 18.2 Å². The van der Waals surface area contributed by atoms with Crippen molar-refractivity contribution in [2.75, 3.05) is 34.4 Å². The van der Waals surface area contributed by atoms with Crippen molar-refractivity contribution in [1.29, 1.82) is 0 Å². The number of anilines is 4. The van der Waals surface area contributed by atoms with E-state index in [0.29, 0.717) is 33.1 Å². The highest BCUT2D eigenvalue weighted by Crippen LogP contribution is 2.37. The topological polar surface area (TPSA) is 113 Å². The molecule has 28 heavy (non-hydrogen) atoms. The molecule has 0 bridgehead atoms. The average Bonchev–Trinajstić information content (AvgIpc) is 3.18. The molecule has 0 aliphatic carbocycles. The van der Waals surface area contributed by atoms with Gasteiger partial charge in [0, 0.05) is 25.2 Å². The van der Waals surface area contributed by atoms with E-state index in [2.05, 4.69) is 20.6 Å². The standard InChI is InChI=1S/C18H18Cl2N6O2/c19-11-4-3-9(7-12(11)20)22-17(28)10-8-13(27)23-16-14(10)15(21)24-18(25-16)26-5-1-2-6-26/h3-4,7,10H,1-2,5-6,8H2,(H,22,28)(H3,21,23,24,25,27)/t10-/m0/s1. The molecule has 1 saturated heterocycles. The summed E-state index contributed by atoms with van der Waals surface area (Å²) in [5, 5.41) is 6.17. The summed E-state index contributed by atoms with van der Waals surface area (Å²) in [6.07, 6.45) is 2.07. The summed E-state index contributed by atoms with van der Waals surface area (Å²) in [7, 11) is 0. The Balaban J connectivity index is 1.64. The van der Waals surface area contributed by atoms with Crippen LogP contribution in [0.5, 0.6) is 0 Å². The molecule has 0 radical (unpaired) electrons. The lowest BCUT2D eigenvalue weighted by atomic mass is 9.92. The molecule has 1 fully saturated rings. The molecule has 10 heteroatoms. The molecule has 1 atom stereocenters. The van der Waals surface area contributed by atoms with Crippen molar-refractivity contribution in [2.24, 2.45) is 0 Å². The molecule has 2 aliphatic heterocycles. The summed E-state index contributed by atoms with van der Waals surface area (Å²) in [6.45, 7) is 1.68. The number of amides is 2. The number of rotatable bonds is 3. The maximum absolute atomic E-state index is 12.9. The number of aromatic nitrogens is 2. The first-order valence-corrected chi connectivity index (χ1v) is 9.66. The second kappa shape index (κ2) is 7.44. The molecule has 2 aliphatic rings. The van der Waals surface area contributed by atoms with Crippen molar-refractivity contribution >= 4 is 58.3 Å². The SMILES string of the molecule is Nc1nc(N2CCCC2)nc2c1[C@@H](C(=O)Nc1ccc(Cl)c(Cl)c1)CC(=O)N2. The van der Waals surface area contributed by atoms with Crippen LogP contribution in [0.3, 0.4) is 0 Å². The van der Waals surface area contributed by atoms with Gasteiger partial charge in [-0.2, -0.15) is 9.97 Å². The van der Waals surface area contributed by atoms with Gasteiger partial charge in [-0.25, -0.2) is 0 Å². The van der Waals surface area contributed by atoms with Crippen LogP contribution < -0.4 is 21.3 Å². The molecule has 0 unspecified atom stereocenters. The molecular weight excluding hydrogens is 403 g/mol. The van der Waals surface area contributed by atoms with Crippen LogP contribution in [0.4, 0.5) is 23.3 Å². The second-order valence-corrected chi connectivity index (χ2v) is 7.60. The summed E-state index contributed by atoms with van der Waals surface area (Å²) in [6, 6.07) is 4.76. The number of nitrogen functional groups attached to an aromatic ring is 1. The van der Waals surface area contributed by atoms with Gasteiger partial charge in [0.1, 0.15) is 11.6 Å². The summed E-state index contributed by atoms with van der Waals surface area (Å²) in [5.74, 6) is -0.530. The minimum Gasteiger partial charge on any atom is -0.383 e. The van der Waals surface area contributed by atoms with E-state index in [-0.39, 0.29) is 18.1 Å². The number of hydrogen-bond acceptors (Lipinski definition) is 6. The third-order valence-corrected chi connectivity index (χ3v) is 5.59. The highest BCUT2D eigenvalue weighted by atomic mass is 35.5. The zero-order valence-corrected chi connectivity index (χ0v) is 16.3. The minimum absolute atomic E-state index is 0.0449. The van der Waals surface area contributed by atoms with Gasteiger partial charge in [0.05, 0.1) is 21.5 Å². The van der Waals surface area contributed by atoms with Crippen molar-refractivity contribution in [3.63, 3.8) is 0 Å². The molecule has 2 aromatic rings. The fourth-order valence-electron chi connectivity index (χ4n) is 3.47. The second-order valence-electron chi connectivity index (χ2n) is 6.79.